The molecular formula is C10H10FN3O. The number of nitrogens with zero attached hydrogens (tertiary/aromatic N) is 1. The van der Waals surface area contributed by atoms with E-state index in [-0.39, 0.29) is 5.75 Å². The lowest BCUT2D eigenvalue weighted by molar-refractivity contribution is 0.386. The van der Waals surface area contributed by atoms with Crippen LogP contribution in [0.25, 0.3) is 0 Å². The zero-order valence-corrected chi connectivity index (χ0v) is 8.12. The van der Waals surface area contributed by atoms with E-state index in [9.17, 15) is 4.39 Å². The number of methoxy groups -OCH3 is 1. The number of aromatic amines is 1. The van der Waals surface area contributed by atoms with Gasteiger partial charge in [-0.05, 0) is 12.1 Å². The Balaban J connectivity index is 2.20. The Morgan fingerprint density at radius 3 is 2.87 bits per heavy atom. The Labute approximate surface area is 86.1 Å². The van der Waals surface area contributed by atoms with Crippen molar-refractivity contribution in [2.75, 3.05) is 12.4 Å². The van der Waals surface area contributed by atoms with Crippen molar-refractivity contribution in [1.82, 2.24) is 10.2 Å². The van der Waals surface area contributed by atoms with Gasteiger partial charge >= 0.3 is 0 Å². The molecule has 0 saturated carbocycles. The number of hydrogen-bond donors (Lipinski definition) is 2. The number of H-pyrrole nitrogens is 1. The van der Waals surface area contributed by atoms with Crippen LogP contribution in [0.5, 0.6) is 5.75 Å². The van der Waals surface area contributed by atoms with Crippen LogP contribution < -0.4 is 10.1 Å². The third kappa shape index (κ3) is 2.07. The predicted molar refractivity (Wildman–Crippen MR) is 54.8 cm³/mol. The maximum atomic E-state index is 13.3. The molecule has 0 aliphatic heterocycles. The number of benzene rings is 1. The van der Waals surface area contributed by atoms with E-state index in [1.165, 1.54) is 13.2 Å². The topological polar surface area (TPSA) is 49.9 Å². The lowest BCUT2D eigenvalue weighted by Gasteiger charge is -2.05. The SMILES string of the molecule is COc1ccc(Nc2cn[nH]c2)cc1F. The fourth-order valence-corrected chi connectivity index (χ4v) is 1.23. The quantitative estimate of drug-likeness (QED) is 0.811. The zero-order chi connectivity index (χ0) is 10.7. The second-order valence-corrected chi connectivity index (χ2v) is 2.96. The highest BCUT2D eigenvalue weighted by Crippen LogP contribution is 2.22. The largest absolute Gasteiger partial charge is 0.494 e. The highest BCUT2D eigenvalue weighted by Gasteiger charge is 2.03. The molecule has 15 heavy (non-hydrogen) atoms. The minimum Gasteiger partial charge on any atom is -0.494 e. The van der Waals surface area contributed by atoms with Gasteiger partial charge in [-0.2, -0.15) is 5.10 Å². The molecule has 0 unspecified atom stereocenters. The molecule has 1 heterocycles. The first-order valence-corrected chi connectivity index (χ1v) is 4.39. The fourth-order valence-electron chi connectivity index (χ4n) is 1.23. The minimum absolute atomic E-state index is 0.229. The molecule has 0 radical (unpaired) electrons. The first-order valence-electron chi connectivity index (χ1n) is 4.39. The monoisotopic (exact) mass is 207 g/mol. The molecule has 1 aromatic heterocycles. The standard InChI is InChI=1S/C10H10FN3O/c1-15-10-3-2-7(4-9(10)11)14-8-5-12-13-6-8/h2-6,14H,1H3,(H,12,13). The van der Waals surface area contributed by atoms with Gasteiger partial charge < -0.3 is 10.1 Å². The molecule has 2 rings (SSSR count). The molecule has 78 valence electrons. The number of aromatic nitrogens is 2. The van der Waals surface area contributed by atoms with Gasteiger partial charge in [-0.3, -0.25) is 5.10 Å². The lowest BCUT2D eigenvalue weighted by Crippen LogP contribution is -1.92. The summed E-state index contributed by atoms with van der Waals surface area (Å²) >= 11 is 0. The van der Waals surface area contributed by atoms with Crippen LogP contribution in [0.2, 0.25) is 0 Å². The van der Waals surface area contributed by atoms with E-state index in [2.05, 4.69) is 15.5 Å². The Hall–Kier alpha value is -2.04. The van der Waals surface area contributed by atoms with Crippen molar-refractivity contribution in [2.45, 2.75) is 0 Å². The summed E-state index contributed by atoms with van der Waals surface area (Å²) in [4.78, 5) is 0. The smallest absolute Gasteiger partial charge is 0.167 e. The van der Waals surface area contributed by atoms with Gasteiger partial charge in [0, 0.05) is 18.0 Å². The molecule has 0 bridgehead atoms. The molecule has 0 fully saturated rings. The highest BCUT2D eigenvalue weighted by atomic mass is 19.1. The normalized spacial score (nSPS) is 10.0. The van der Waals surface area contributed by atoms with E-state index in [0.29, 0.717) is 5.69 Å². The zero-order valence-electron chi connectivity index (χ0n) is 8.12. The molecule has 0 atom stereocenters. The number of rotatable bonds is 3. The van der Waals surface area contributed by atoms with Crippen molar-refractivity contribution in [3.05, 3.63) is 36.4 Å². The summed E-state index contributed by atoms with van der Waals surface area (Å²) in [7, 11) is 1.43. The van der Waals surface area contributed by atoms with Crippen molar-refractivity contribution in [3.8, 4) is 5.75 Å². The van der Waals surface area contributed by atoms with Crippen molar-refractivity contribution in [2.24, 2.45) is 0 Å². The van der Waals surface area contributed by atoms with Gasteiger partial charge in [-0.1, -0.05) is 0 Å². The van der Waals surface area contributed by atoms with Gasteiger partial charge in [0.1, 0.15) is 0 Å². The first-order chi connectivity index (χ1) is 7.29. The van der Waals surface area contributed by atoms with E-state index in [1.54, 1.807) is 24.5 Å². The van der Waals surface area contributed by atoms with Gasteiger partial charge in [0.2, 0.25) is 0 Å². The highest BCUT2D eigenvalue weighted by molar-refractivity contribution is 5.58. The Morgan fingerprint density at radius 1 is 1.40 bits per heavy atom. The molecule has 0 aliphatic rings. The van der Waals surface area contributed by atoms with E-state index in [4.69, 9.17) is 4.74 Å². The summed E-state index contributed by atoms with van der Waals surface area (Å²) in [5.74, 6) is -0.168. The van der Waals surface area contributed by atoms with Crippen LogP contribution in [-0.2, 0) is 0 Å². The van der Waals surface area contributed by atoms with Crippen LogP contribution in [0.4, 0.5) is 15.8 Å². The predicted octanol–water partition coefficient (Wildman–Crippen LogP) is 2.30. The van der Waals surface area contributed by atoms with Crippen molar-refractivity contribution >= 4 is 11.4 Å². The van der Waals surface area contributed by atoms with Gasteiger partial charge in [-0.25, -0.2) is 4.39 Å². The summed E-state index contributed by atoms with van der Waals surface area (Å²) in [6.45, 7) is 0. The summed E-state index contributed by atoms with van der Waals surface area (Å²) < 4.78 is 18.1. The van der Waals surface area contributed by atoms with Crippen LogP contribution in [0.3, 0.4) is 0 Å². The molecule has 2 N–H and O–H groups in total. The van der Waals surface area contributed by atoms with E-state index < -0.39 is 5.82 Å². The van der Waals surface area contributed by atoms with Crippen molar-refractivity contribution in [3.63, 3.8) is 0 Å². The Kier molecular flexibility index (Phi) is 2.53. The average molecular weight is 207 g/mol. The summed E-state index contributed by atoms with van der Waals surface area (Å²) in [6.07, 6.45) is 3.30. The number of nitrogens with one attached hydrogen (secondary N) is 2. The third-order valence-electron chi connectivity index (χ3n) is 1.94. The Morgan fingerprint density at radius 2 is 2.27 bits per heavy atom. The first kappa shape index (κ1) is 9.51. The number of halogens is 1. The molecule has 0 saturated heterocycles. The molecule has 1 aromatic carbocycles. The number of hydrogen-bond acceptors (Lipinski definition) is 3. The van der Waals surface area contributed by atoms with Crippen LogP contribution >= 0.6 is 0 Å². The van der Waals surface area contributed by atoms with Crippen LogP contribution in [0.15, 0.2) is 30.6 Å². The molecule has 0 amide bonds. The molecule has 0 aliphatic carbocycles. The molecular weight excluding hydrogens is 197 g/mol. The van der Waals surface area contributed by atoms with Crippen LogP contribution in [0, 0.1) is 5.82 Å². The number of ether oxygens (including phenoxy) is 1. The molecule has 4 nitrogen and oxygen atoms in total. The average Bonchev–Trinajstić information content (AvgIpc) is 2.71. The van der Waals surface area contributed by atoms with E-state index in [0.717, 1.165) is 5.69 Å². The third-order valence-corrected chi connectivity index (χ3v) is 1.94. The van der Waals surface area contributed by atoms with Gasteiger partial charge in [-0.15, -0.1) is 0 Å². The maximum Gasteiger partial charge on any atom is 0.167 e. The second-order valence-electron chi connectivity index (χ2n) is 2.96. The van der Waals surface area contributed by atoms with Crippen molar-refractivity contribution < 1.29 is 9.13 Å². The molecule has 2 aromatic rings. The minimum atomic E-state index is -0.397. The summed E-state index contributed by atoms with van der Waals surface area (Å²) in [5.41, 5.74) is 1.43. The maximum absolute atomic E-state index is 13.3. The van der Waals surface area contributed by atoms with Gasteiger partial charge in [0.05, 0.1) is 19.0 Å². The lowest BCUT2D eigenvalue weighted by atomic mass is 10.3. The van der Waals surface area contributed by atoms with E-state index >= 15 is 0 Å². The van der Waals surface area contributed by atoms with Gasteiger partial charge in [0.15, 0.2) is 11.6 Å². The van der Waals surface area contributed by atoms with Crippen molar-refractivity contribution in [1.29, 1.82) is 0 Å². The summed E-state index contributed by atoms with van der Waals surface area (Å²) in [5, 5.41) is 9.41. The van der Waals surface area contributed by atoms with E-state index in [1.807, 2.05) is 0 Å². The molecule has 0 spiro atoms. The van der Waals surface area contributed by atoms with Crippen LogP contribution in [0.1, 0.15) is 0 Å². The van der Waals surface area contributed by atoms with Gasteiger partial charge in [0.25, 0.3) is 0 Å². The second kappa shape index (κ2) is 4.00. The Bertz CT molecular complexity index is 442. The number of anilines is 2. The fraction of sp³-hybridized carbons (Fsp3) is 0.100. The molecule has 5 heteroatoms. The van der Waals surface area contributed by atoms with Crippen LogP contribution in [-0.4, -0.2) is 17.3 Å². The summed E-state index contributed by atoms with van der Waals surface area (Å²) in [6, 6.07) is 4.67.